The first-order valence-corrected chi connectivity index (χ1v) is 8.20. The van der Waals surface area contributed by atoms with Crippen molar-refractivity contribution in [2.24, 2.45) is 7.05 Å². The second-order valence-electron chi connectivity index (χ2n) is 6.21. The molecule has 0 fully saturated rings. The van der Waals surface area contributed by atoms with Gasteiger partial charge in [0.05, 0.1) is 17.9 Å². The van der Waals surface area contributed by atoms with Crippen molar-refractivity contribution in [2.75, 3.05) is 6.54 Å². The molecule has 0 spiro atoms. The first-order valence-electron chi connectivity index (χ1n) is 8.20. The Morgan fingerprint density at radius 3 is 2.52 bits per heavy atom. The summed E-state index contributed by atoms with van der Waals surface area (Å²) in [5.74, 6) is 0.217. The molecule has 2 rings (SSSR count). The summed E-state index contributed by atoms with van der Waals surface area (Å²) in [5.41, 5.74) is 5.08. The average Bonchev–Trinajstić information content (AvgIpc) is 3.00. The third-order valence-electron chi connectivity index (χ3n) is 4.22. The summed E-state index contributed by atoms with van der Waals surface area (Å²) in [7, 11) is 1.80. The van der Waals surface area contributed by atoms with E-state index in [9.17, 15) is 4.79 Å². The topological polar surface area (TPSA) is 64.7 Å². The van der Waals surface area contributed by atoms with Crippen molar-refractivity contribution < 1.29 is 4.79 Å². The number of rotatable bonds is 6. The van der Waals surface area contributed by atoms with Crippen LogP contribution in [0.5, 0.6) is 0 Å². The van der Waals surface area contributed by atoms with Crippen LogP contribution in [0.1, 0.15) is 59.8 Å². The van der Waals surface area contributed by atoms with Crippen LogP contribution < -0.4 is 5.32 Å². The summed E-state index contributed by atoms with van der Waals surface area (Å²) in [6.07, 6.45) is 0.983. The Morgan fingerprint density at radius 2 is 2.00 bits per heavy atom. The van der Waals surface area contributed by atoms with Crippen LogP contribution in [0.2, 0.25) is 0 Å². The lowest BCUT2D eigenvalue weighted by Crippen LogP contribution is -2.29. The molecule has 1 amide bonds. The van der Waals surface area contributed by atoms with Gasteiger partial charge in [-0.2, -0.15) is 10.2 Å². The quantitative estimate of drug-likeness (QED) is 0.889. The van der Waals surface area contributed by atoms with Crippen LogP contribution in [0, 0.1) is 13.8 Å². The summed E-state index contributed by atoms with van der Waals surface area (Å²) in [6, 6.07) is 1.86. The van der Waals surface area contributed by atoms with Crippen molar-refractivity contribution >= 4 is 5.91 Å². The van der Waals surface area contributed by atoms with Crippen LogP contribution in [0.15, 0.2) is 6.07 Å². The number of aryl methyl sites for hydroxylation is 2. The maximum Gasteiger partial charge on any atom is 0.269 e. The predicted octanol–water partition coefficient (Wildman–Crippen LogP) is 2.35. The summed E-state index contributed by atoms with van der Waals surface area (Å²) in [6.45, 7) is 11.6. The fourth-order valence-electron chi connectivity index (χ4n) is 2.81. The number of aromatic nitrogens is 4. The molecule has 0 saturated carbocycles. The molecule has 23 heavy (non-hydrogen) atoms. The highest BCUT2D eigenvalue weighted by molar-refractivity contribution is 5.92. The minimum atomic E-state index is -0.0934. The molecule has 126 valence electrons. The van der Waals surface area contributed by atoms with Crippen molar-refractivity contribution in [3.05, 3.63) is 34.4 Å². The fourth-order valence-corrected chi connectivity index (χ4v) is 2.81. The van der Waals surface area contributed by atoms with Crippen LogP contribution >= 0.6 is 0 Å². The lowest BCUT2D eigenvalue weighted by molar-refractivity contribution is 0.0942. The van der Waals surface area contributed by atoms with Gasteiger partial charge >= 0.3 is 0 Å². The molecule has 2 heterocycles. The predicted molar refractivity (Wildman–Crippen MR) is 90.7 cm³/mol. The Balaban J connectivity index is 1.98. The van der Waals surface area contributed by atoms with Gasteiger partial charge in [-0.25, -0.2) is 0 Å². The van der Waals surface area contributed by atoms with Crippen LogP contribution in [0.25, 0.3) is 0 Å². The van der Waals surface area contributed by atoms with E-state index in [1.807, 2.05) is 17.7 Å². The Morgan fingerprint density at radius 1 is 1.30 bits per heavy atom. The van der Waals surface area contributed by atoms with Crippen molar-refractivity contribution in [2.45, 2.75) is 53.5 Å². The Bertz CT molecular complexity index is 696. The molecule has 0 saturated heterocycles. The zero-order valence-corrected chi connectivity index (χ0v) is 15.0. The van der Waals surface area contributed by atoms with Gasteiger partial charge in [0.15, 0.2) is 0 Å². The zero-order valence-electron chi connectivity index (χ0n) is 15.0. The molecule has 0 aliphatic rings. The minimum Gasteiger partial charge on any atom is -0.349 e. The first-order chi connectivity index (χ1) is 10.8. The molecular weight excluding hydrogens is 290 g/mol. The normalized spacial score (nSPS) is 11.3. The lowest BCUT2D eigenvalue weighted by Gasteiger charge is -2.07. The van der Waals surface area contributed by atoms with E-state index in [0.29, 0.717) is 24.7 Å². The maximum atomic E-state index is 12.3. The summed E-state index contributed by atoms with van der Waals surface area (Å²) in [4.78, 5) is 12.3. The van der Waals surface area contributed by atoms with Crippen molar-refractivity contribution in [1.29, 1.82) is 0 Å². The maximum absolute atomic E-state index is 12.3. The van der Waals surface area contributed by atoms with E-state index in [1.165, 1.54) is 11.3 Å². The van der Waals surface area contributed by atoms with Gasteiger partial charge in [0.2, 0.25) is 0 Å². The zero-order chi connectivity index (χ0) is 17.1. The lowest BCUT2D eigenvalue weighted by atomic mass is 10.1. The summed E-state index contributed by atoms with van der Waals surface area (Å²) in [5, 5.41) is 11.9. The Kier molecular flexibility index (Phi) is 5.23. The molecule has 0 bridgehead atoms. The highest BCUT2D eigenvalue weighted by Crippen LogP contribution is 2.14. The van der Waals surface area contributed by atoms with E-state index in [4.69, 9.17) is 0 Å². The molecular formula is C17H27N5O. The van der Waals surface area contributed by atoms with Crippen molar-refractivity contribution in [3.8, 4) is 0 Å². The van der Waals surface area contributed by atoms with E-state index in [0.717, 1.165) is 17.8 Å². The molecule has 2 aromatic rings. The second kappa shape index (κ2) is 6.98. The first kappa shape index (κ1) is 17.2. The molecule has 6 heteroatoms. The van der Waals surface area contributed by atoms with E-state index in [2.05, 4.69) is 43.2 Å². The summed E-state index contributed by atoms with van der Waals surface area (Å²) < 4.78 is 3.61. The number of carbonyl (C=O) groups excluding carboxylic acids is 1. The monoisotopic (exact) mass is 317 g/mol. The van der Waals surface area contributed by atoms with Gasteiger partial charge in [-0.3, -0.25) is 14.2 Å². The molecule has 0 aliphatic heterocycles. The van der Waals surface area contributed by atoms with E-state index < -0.39 is 0 Å². The van der Waals surface area contributed by atoms with E-state index >= 15 is 0 Å². The van der Waals surface area contributed by atoms with Crippen LogP contribution in [-0.2, 0) is 20.0 Å². The SMILES string of the molecule is CCc1c(C)nn(CCNC(=O)c2cc(C(C)C)nn2C)c1C. The van der Waals surface area contributed by atoms with Gasteiger partial charge in [0.25, 0.3) is 5.91 Å². The van der Waals surface area contributed by atoms with Gasteiger partial charge in [0.1, 0.15) is 5.69 Å². The third kappa shape index (κ3) is 3.63. The average molecular weight is 317 g/mol. The smallest absolute Gasteiger partial charge is 0.269 e. The summed E-state index contributed by atoms with van der Waals surface area (Å²) >= 11 is 0. The van der Waals surface area contributed by atoms with Crippen LogP contribution in [-0.4, -0.2) is 32.0 Å². The van der Waals surface area contributed by atoms with Crippen molar-refractivity contribution in [3.63, 3.8) is 0 Å². The molecule has 1 N–H and O–H groups in total. The molecule has 0 atom stereocenters. The third-order valence-corrected chi connectivity index (χ3v) is 4.22. The Hall–Kier alpha value is -2.11. The molecule has 0 aliphatic carbocycles. The Labute approximate surface area is 137 Å². The molecule has 0 radical (unpaired) electrons. The highest BCUT2D eigenvalue weighted by atomic mass is 16.2. The standard InChI is InChI=1S/C17H27N5O/c1-7-14-12(4)19-22(13(14)5)9-8-18-17(23)16-10-15(11(2)3)20-21(16)6/h10-11H,7-9H2,1-6H3,(H,18,23). The largest absolute Gasteiger partial charge is 0.349 e. The number of hydrogen-bond donors (Lipinski definition) is 1. The van der Waals surface area contributed by atoms with Crippen LogP contribution in [0.3, 0.4) is 0 Å². The van der Waals surface area contributed by atoms with Gasteiger partial charge < -0.3 is 5.32 Å². The number of amides is 1. The minimum absolute atomic E-state index is 0.0934. The number of nitrogens with one attached hydrogen (secondary N) is 1. The van der Waals surface area contributed by atoms with E-state index in [-0.39, 0.29) is 5.91 Å². The number of hydrogen-bond acceptors (Lipinski definition) is 3. The van der Waals surface area contributed by atoms with E-state index in [1.54, 1.807) is 11.7 Å². The highest BCUT2D eigenvalue weighted by Gasteiger charge is 2.15. The molecule has 6 nitrogen and oxygen atoms in total. The van der Waals surface area contributed by atoms with Gasteiger partial charge in [-0.05, 0) is 37.8 Å². The van der Waals surface area contributed by atoms with Gasteiger partial charge in [0, 0.05) is 19.3 Å². The van der Waals surface area contributed by atoms with Crippen LogP contribution in [0.4, 0.5) is 0 Å². The van der Waals surface area contributed by atoms with Gasteiger partial charge in [-0.15, -0.1) is 0 Å². The molecule has 0 aromatic carbocycles. The number of carbonyl (C=O) groups is 1. The molecule has 2 aromatic heterocycles. The second-order valence-corrected chi connectivity index (χ2v) is 6.21. The molecule has 0 unspecified atom stereocenters. The van der Waals surface area contributed by atoms with Crippen molar-refractivity contribution in [1.82, 2.24) is 24.9 Å². The number of nitrogens with zero attached hydrogens (tertiary/aromatic N) is 4. The fraction of sp³-hybridized carbons (Fsp3) is 0.588. The van der Waals surface area contributed by atoms with Gasteiger partial charge in [-0.1, -0.05) is 20.8 Å².